The summed E-state index contributed by atoms with van der Waals surface area (Å²) in [6.45, 7) is 3.31. The second kappa shape index (κ2) is 11.6. The number of hydrogen-bond donors (Lipinski definition) is 1. The number of carboxylic acid groups (broad SMARTS) is 1. The summed E-state index contributed by atoms with van der Waals surface area (Å²) < 4.78 is 5.39. The lowest BCUT2D eigenvalue weighted by Crippen LogP contribution is -2.41. The zero-order chi connectivity index (χ0) is 21.3. The molecule has 1 fully saturated rings. The Hall–Kier alpha value is -1.79. The number of likely N-dealkylation sites (tertiary alicyclic amines) is 1. The number of aryl methyl sites for hydroxylation is 1. The van der Waals surface area contributed by atoms with E-state index in [0.29, 0.717) is 11.8 Å². The minimum atomic E-state index is -0.674. The molecule has 0 bridgehead atoms. The number of pyridine rings is 1. The summed E-state index contributed by atoms with van der Waals surface area (Å²) in [5.41, 5.74) is 2.33. The molecule has 0 amide bonds. The van der Waals surface area contributed by atoms with Crippen LogP contribution in [0.1, 0.15) is 37.7 Å². The molecule has 1 aliphatic rings. The third kappa shape index (κ3) is 6.35. The Bertz CT molecular complexity index is 829. The summed E-state index contributed by atoms with van der Waals surface area (Å²) in [7, 11) is 1.69. The van der Waals surface area contributed by atoms with Crippen LogP contribution in [-0.4, -0.2) is 59.7 Å². The van der Waals surface area contributed by atoms with Gasteiger partial charge in [0.25, 0.3) is 0 Å². The summed E-state index contributed by atoms with van der Waals surface area (Å²) in [6, 6.07) is 8.17. The molecule has 1 aromatic heterocycles. The van der Waals surface area contributed by atoms with E-state index in [0.717, 1.165) is 62.3 Å². The van der Waals surface area contributed by atoms with Crippen LogP contribution in [0, 0.1) is 11.8 Å². The van der Waals surface area contributed by atoms with Crippen molar-refractivity contribution < 1.29 is 14.6 Å². The zero-order valence-electron chi connectivity index (χ0n) is 18.2. The molecule has 0 spiro atoms. The lowest BCUT2D eigenvalue weighted by molar-refractivity contribution is -0.137. The van der Waals surface area contributed by atoms with Gasteiger partial charge >= 0.3 is 5.97 Å². The van der Waals surface area contributed by atoms with E-state index >= 15 is 0 Å². The van der Waals surface area contributed by atoms with Crippen LogP contribution in [0.2, 0.25) is 0 Å². The van der Waals surface area contributed by atoms with Gasteiger partial charge in [-0.1, -0.05) is 0 Å². The number of aliphatic carboxylic acids is 1. The summed E-state index contributed by atoms with van der Waals surface area (Å²) >= 11 is 1.88. The van der Waals surface area contributed by atoms with E-state index in [-0.39, 0.29) is 6.42 Å². The highest BCUT2D eigenvalue weighted by Crippen LogP contribution is 2.32. The predicted octanol–water partition coefficient (Wildman–Crippen LogP) is 4.73. The topological polar surface area (TPSA) is 62.7 Å². The lowest BCUT2D eigenvalue weighted by atomic mass is 9.79. The van der Waals surface area contributed by atoms with Crippen LogP contribution in [0.25, 0.3) is 10.9 Å². The van der Waals surface area contributed by atoms with Crippen LogP contribution >= 0.6 is 11.8 Å². The van der Waals surface area contributed by atoms with Crippen LogP contribution < -0.4 is 4.74 Å². The van der Waals surface area contributed by atoms with Crippen molar-refractivity contribution in [1.82, 2.24) is 9.88 Å². The molecule has 30 heavy (non-hydrogen) atoms. The quantitative estimate of drug-likeness (QED) is 0.556. The average molecular weight is 431 g/mol. The van der Waals surface area contributed by atoms with Gasteiger partial charge in [-0.2, -0.15) is 11.8 Å². The zero-order valence-corrected chi connectivity index (χ0v) is 19.0. The number of hydrogen-bond acceptors (Lipinski definition) is 5. The van der Waals surface area contributed by atoms with Crippen molar-refractivity contribution in [2.75, 3.05) is 38.8 Å². The van der Waals surface area contributed by atoms with Crippen molar-refractivity contribution in [2.45, 2.75) is 38.5 Å². The Balaban J connectivity index is 1.60. The van der Waals surface area contributed by atoms with Crippen molar-refractivity contribution >= 4 is 28.6 Å². The van der Waals surface area contributed by atoms with E-state index in [2.05, 4.69) is 28.3 Å². The van der Waals surface area contributed by atoms with Gasteiger partial charge in [0.15, 0.2) is 0 Å². The number of aromatic nitrogens is 1. The molecule has 0 aliphatic carbocycles. The normalized spacial score (nSPS) is 19.8. The fourth-order valence-electron chi connectivity index (χ4n) is 4.68. The van der Waals surface area contributed by atoms with Crippen LogP contribution in [0.5, 0.6) is 5.75 Å². The molecule has 2 aromatic rings. The highest BCUT2D eigenvalue weighted by molar-refractivity contribution is 7.98. The van der Waals surface area contributed by atoms with Gasteiger partial charge in [-0.3, -0.25) is 9.78 Å². The molecule has 1 aromatic carbocycles. The maximum Gasteiger partial charge on any atom is 0.303 e. The molecule has 0 saturated carbocycles. The number of carbonyl (C=O) groups is 1. The van der Waals surface area contributed by atoms with Crippen LogP contribution in [0.4, 0.5) is 0 Å². The van der Waals surface area contributed by atoms with Gasteiger partial charge in [-0.05, 0) is 86.6 Å². The number of thioether (sulfide) groups is 1. The monoisotopic (exact) mass is 430 g/mol. The molecule has 1 saturated heterocycles. The number of carboxylic acids is 1. The number of benzene rings is 1. The number of methoxy groups -OCH3 is 1. The first-order valence-corrected chi connectivity index (χ1v) is 12.3. The lowest BCUT2D eigenvalue weighted by Gasteiger charge is -2.38. The molecule has 164 valence electrons. The van der Waals surface area contributed by atoms with Gasteiger partial charge in [-0.25, -0.2) is 0 Å². The summed E-state index contributed by atoms with van der Waals surface area (Å²) in [5.74, 6) is 2.45. The highest BCUT2D eigenvalue weighted by Gasteiger charge is 2.29. The summed E-state index contributed by atoms with van der Waals surface area (Å²) in [5, 5.41) is 10.3. The second-order valence-electron chi connectivity index (χ2n) is 8.28. The van der Waals surface area contributed by atoms with E-state index < -0.39 is 5.97 Å². The predicted molar refractivity (Wildman–Crippen MR) is 125 cm³/mol. The van der Waals surface area contributed by atoms with Crippen molar-refractivity contribution in [1.29, 1.82) is 0 Å². The van der Waals surface area contributed by atoms with Gasteiger partial charge < -0.3 is 14.7 Å². The molecule has 2 atom stereocenters. The Morgan fingerprint density at radius 3 is 2.93 bits per heavy atom. The molecule has 1 N–H and O–H groups in total. The Morgan fingerprint density at radius 2 is 2.17 bits per heavy atom. The van der Waals surface area contributed by atoms with Crippen LogP contribution in [-0.2, 0) is 11.2 Å². The molecule has 6 heteroatoms. The first-order valence-electron chi connectivity index (χ1n) is 11.0. The largest absolute Gasteiger partial charge is 0.497 e. The average Bonchev–Trinajstić information content (AvgIpc) is 2.76. The van der Waals surface area contributed by atoms with Gasteiger partial charge in [-0.15, -0.1) is 0 Å². The number of nitrogens with zero attached hydrogens (tertiary/aromatic N) is 2. The molecule has 5 nitrogen and oxygen atoms in total. The standard InChI is InChI=1S/C24H34N2O3S/c1-29-21-7-8-23-22(16-21)19(10-12-25-23)5-3-4-18-11-13-26(14-15-30-2)17-20(18)6-9-24(27)28/h7-8,10,12,16,18,20H,3-6,9,11,13-15,17H2,1-2H3,(H,27,28)/t18-,20+/m1/s1. The van der Waals surface area contributed by atoms with E-state index in [1.807, 2.05) is 30.1 Å². The Morgan fingerprint density at radius 1 is 1.30 bits per heavy atom. The number of piperidine rings is 1. The summed E-state index contributed by atoms with van der Waals surface area (Å²) in [4.78, 5) is 18.2. The first-order chi connectivity index (χ1) is 14.6. The first kappa shape index (κ1) is 22.9. The van der Waals surface area contributed by atoms with Crippen molar-refractivity contribution in [3.05, 3.63) is 36.0 Å². The number of ether oxygens (including phenoxy) is 1. The van der Waals surface area contributed by atoms with E-state index in [1.54, 1.807) is 7.11 Å². The van der Waals surface area contributed by atoms with Crippen molar-refractivity contribution in [2.24, 2.45) is 11.8 Å². The van der Waals surface area contributed by atoms with Gasteiger partial charge in [0, 0.05) is 36.8 Å². The number of rotatable bonds is 11. The maximum atomic E-state index is 11.1. The van der Waals surface area contributed by atoms with Gasteiger partial charge in [0.1, 0.15) is 5.75 Å². The Kier molecular flexibility index (Phi) is 8.82. The Labute approximate surface area is 184 Å². The van der Waals surface area contributed by atoms with Crippen molar-refractivity contribution in [3.8, 4) is 5.75 Å². The van der Waals surface area contributed by atoms with E-state index in [4.69, 9.17) is 4.74 Å². The third-order valence-electron chi connectivity index (χ3n) is 6.38. The molecular formula is C24H34N2O3S. The van der Waals surface area contributed by atoms with Crippen LogP contribution in [0.3, 0.4) is 0 Å². The molecule has 0 unspecified atom stereocenters. The summed E-state index contributed by atoms with van der Waals surface area (Å²) in [6.07, 6.45) is 9.60. The number of fused-ring (bicyclic) bond motifs is 1. The minimum Gasteiger partial charge on any atom is -0.497 e. The highest BCUT2D eigenvalue weighted by atomic mass is 32.2. The van der Waals surface area contributed by atoms with Crippen LogP contribution in [0.15, 0.2) is 30.5 Å². The van der Waals surface area contributed by atoms with Gasteiger partial charge in [0.2, 0.25) is 0 Å². The van der Waals surface area contributed by atoms with E-state index in [1.165, 1.54) is 17.4 Å². The van der Waals surface area contributed by atoms with Crippen molar-refractivity contribution in [3.63, 3.8) is 0 Å². The molecule has 1 aliphatic heterocycles. The molecule has 0 radical (unpaired) electrons. The fourth-order valence-corrected chi connectivity index (χ4v) is 5.12. The second-order valence-corrected chi connectivity index (χ2v) is 9.27. The maximum absolute atomic E-state index is 11.1. The molecular weight excluding hydrogens is 396 g/mol. The third-order valence-corrected chi connectivity index (χ3v) is 6.97. The smallest absolute Gasteiger partial charge is 0.303 e. The van der Waals surface area contributed by atoms with Gasteiger partial charge in [0.05, 0.1) is 12.6 Å². The fraction of sp³-hybridized carbons (Fsp3) is 0.583. The van der Waals surface area contributed by atoms with E-state index in [9.17, 15) is 9.90 Å². The molecule has 3 rings (SSSR count). The SMILES string of the molecule is COc1ccc2nccc(CCC[C@@H]3CCN(CCSC)C[C@@H]3CCC(=O)O)c2c1. The molecule has 2 heterocycles. The minimum absolute atomic E-state index is 0.284.